The Kier molecular flexibility index (Phi) is 3.50. The summed E-state index contributed by atoms with van der Waals surface area (Å²) in [6.07, 6.45) is 1.64. The third-order valence-electron chi connectivity index (χ3n) is 4.20. The highest BCUT2D eigenvalue weighted by molar-refractivity contribution is 6.07. The number of rotatable bonds is 3. The van der Waals surface area contributed by atoms with E-state index in [-0.39, 0.29) is 5.82 Å². The number of aromatic nitrogens is 1. The van der Waals surface area contributed by atoms with Gasteiger partial charge < -0.3 is 10.2 Å². The van der Waals surface area contributed by atoms with E-state index in [4.69, 9.17) is 10.2 Å². The molecule has 0 fully saturated rings. The summed E-state index contributed by atoms with van der Waals surface area (Å²) in [6.45, 7) is 0. The number of para-hydroxylation sites is 1. The van der Waals surface area contributed by atoms with E-state index < -0.39 is 5.63 Å². The van der Waals surface area contributed by atoms with Crippen LogP contribution in [0.25, 0.3) is 21.7 Å². The molecule has 0 aliphatic rings. The van der Waals surface area contributed by atoms with E-state index in [1.165, 1.54) is 5.56 Å². The molecule has 0 aliphatic carbocycles. The van der Waals surface area contributed by atoms with Crippen molar-refractivity contribution in [2.24, 2.45) is 0 Å². The summed E-state index contributed by atoms with van der Waals surface area (Å²) in [7, 11) is 0. The highest BCUT2D eigenvalue weighted by Gasteiger charge is 2.12. The highest BCUT2D eigenvalue weighted by Crippen LogP contribution is 2.26. The third kappa shape index (κ3) is 2.52. The minimum atomic E-state index is -0.441. The first kappa shape index (κ1) is 14.5. The fraction of sp³-hybridized carbons (Fsp3) is 0.100. The van der Waals surface area contributed by atoms with Crippen molar-refractivity contribution in [1.29, 1.82) is 0 Å². The molecule has 4 heteroatoms. The summed E-state index contributed by atoms with van der Waals surface area (Å²) < 4.78 is 5.35. The van der Waals surface area contributed by atoms with Gasteiger partial charge in [0.1, 0.15) is 16.8 Å². The van der Waals surface area contributed by atoms with Crippen LogP contribution in [0.5, 0.6) is 0 Å². The molecule has 0 unspecified atom stereocenters. The van der Waals surface area contributed by atoms with Crippen molar-refractivity contribution in [2.75, 3.05) is 5.73 Å². The molecule has 2 heterocycles. The van der Waals surface area contributed by atoms with E-state index in [9.17, 15) is 4.79 Å². The topological polar surface area (TPSA) is 69.1 Å². The van der Waals surface area contributed by atoms with Crippen LogP contribution in [0, 0.1) is 0 Å². The normalized spacial score (nSPS) is 11.2. The lowest BCUT2D eigenvalue weighted by Gasteiger charge is -2.08. The number of hydrogen-bond donors (Lipinski definition) is 1. The van der Waals surface area contributed by atoms with Gasteiger partial charge >= 0.3 is 5.63 Å². The van der Waals surface area contributed by atoms with Gasteiger partial charge in [0.25, 0.3) is 0 Å². The number of hydrogen-bond acceptors (Lipinski definition) is 4. The van der Waals surface area contributed by atoms with Gasteiger partial charge in [0.05, 0.1) is 0 Å². The van der Waals surface area contributed by atoms with Gasteiger partial charge in [0.2, 0.25) is 0 Å². The van der Waals surface area contributed by atoms with Crippen LogP contribution in [0.2, 0.25) is 0 Å². The summed E-state index contributed by atoms with van der Waals surface area (Å²) in [5.74, 6) is 0.232. The van der Waals surface area contributed by atoms with Crippen molar-refractivity contribution in [3.8, 4) is 0 Å². The molecule has 118 valence electrons. The molecule has 0 aliphatic heterocycles. The second-order valence-electron chi connectivity index (χ2n) is 5.79. The van der Waals surface area contributed by atoms with Gasteiger partial charge in [-0.15, -0.1) is 0 Å². The molecule has 0 spiro atoms. The van der Waals surface area contributed by atoms with Gasteiger partial charge in [0.15, 0.2) is 0 Å². The van der Waals surface area contributed by atoms with E-state index in [2.05, 4.69) is 17.1 Å². The van der Waals surface area contributed by atoms with Crippen LogP contribution in [0.4, 0.5) is 5.82 Å². The van der Waals surface area contributed by atoms with E-state index in [1.807, 2.05) is 42.5 Å². The molecule has 2 N–H and O–H groups in total. The molecule has 0 atom stereocenters. The zero-order chi connectivity index (χ0) is 16.5. The Bertz CT molecular complexity index is 1090. The number of fused-ring (bicyclic) bond motifs is 3. The van der Waals surface area contributed by atoms with Crippen molar-refractivity contribution in [3.05, 3.63) is 82.3 Å². The van der Waals surface area contributed by atoms with Crippen LogP contribution in [0.1, 0.15) is 11.3 Å². The molecule has 0 saturated heterocycles. The maximum atomic E-state index is 12.2. The Morgan fingerprint density at radius 3 is 2.50 bits per heavy atom. The summed E-state index contributed by atoms with van der Waals surface area (Å²) in [5, 5.41) is 2.04. The van der Waals surface area contributed by atoms with Gasteiger partial charge in [-0.2, -0.15) is 0 Å². The van der Waals surface area contributed by atoms with Crippen LogP contribution in [0.3, 0.4) is 0 Å². The average Bonchev–Trinajstić information content (AvgIpc) is 2.60. The number of anilines is 1. The Labute approximate surface area is 138 Å². The van der Waals surface area contributed by atoms with Gasteiger partial charge in [-0.05, 0) is 30.5 Å². The summed E-state index contributed by atoms with van der Waals surface area (Å²) in [5.41, 5.74) is 8.29. The molecule has 24 heavy (non-hydrogen) atoms. The first-order valence-corrected chi connectivity index (χ1v) is 7.87. The van der Waals surface area contributed by atoms with E-state index in [0.29, 0.717) is 11.0 Å². The number of benzene rings is 2. The minimum absolute atomic E-state index is 0.232. The van der Waals surface area contributed by atoms with Gasteiger partial charge in [-0.25, -0.2) is 9.78 Å². The quantitative estimate of drug-likeness (QED) is 0.462. The second kappa shape index (κ2) is 5.81. The summed E-state index contributed by atoms with van der Waals surface area (Å²) in [4.78, 5) is 16.6. The van der Waals surface area contributed by atoms with E-state index in [0.717, 1.165) is 29.3 Å². The van der Waals surface area contributed by atoms with E-state index in [1.54, 1.807) is 6.07 Å². The number of nitrogen functional groups attached to an aromatic ring is 1. The maximum Gasteiger partial charge on any atom is 0.347 e. The van der Waals surface area contributed by atoms with Crippen LogP contribution >= 0.6 is 0 Å². The summed E-state index contributed by atoms with van der Waals surface area (Å²) >= 11 is 0. The first-order valence-electron chi connectivity index (χ1n) is 7.87. The average molecular weight is 316 g/mol. The van der Waals surface area contributed by atoms with Crippen molar-refractivity contribution in [3.63, 3.8) is 0 Å². The van der Waals surface area contributed by atoms with Crippen molar-refractivity contribution < 1.29 is 4.42 Å². The molecule has 0 amide bonds. The lowest BCUT2D eigenvalue weighted by Crippen LogP contribution is -2.07. The first-order chi connectivity index (χ1) is 11.7. The molecule has 2 aromatic heterocycles. The zero-order valence-corrected chi connectivity index (χ0v) is 13.0. The lowest BCUT2D eigenvalue weighted by atomic mass is 10.0. The standard InChI is InChI=1S/C20H16N2O2/c21-19-18-16(15-8-4-5-9-17(15)24-20(18)23)12-14(22-19)11-10-13-6-2-1-3-7-13/h1-9,12H,10-11H2,(H2,21,22). The van der Waals surface area contributed by atoms with Crippen molar-refractivity contribution >= 4 is 27.6 Å². The molecular weight excluding hydrogens is 300 g/mol. The largest absolute Gasteiger partial charge is 0.422 e. The van der Waals surface area contributed by atoms with Gasteiger partial charge in [-0.1, -0.05) is 48.5 Å². The molecule has 4 nitrogen and oxygen atoms in total. The number of nitrogens with zero attached hydrogens (tertiary/aromatic N) is 1. The predicted octanol–water partition coefficient (Wildman–Crippen LogP) is 3.71. The summed E-state index contributed by atoms with van der Waals surface area (Å²) in [6, 6.07) is 19.7. The Morgan fingerprint density at radius 2 is 1.67 bits per heavy atom. The van der Waals surface area contributed by atoms with Gasteiger partial charge in [-0.3, -0.25) is 0 Å². The molecule has 4 rings (SSSR count). The zero-order valence-electron chi connectivity index (χ0n) is 13.0. The number of aryl methyl sites for hydroxylation is 2. The molecular formula is C20H16N2O2. The fourth-order valence-electron chi connectivity index (χ4n) is 3.02. The van der Waals surface area contributed by atoms with Crippen molar-refractivity contribution in [1.82, 2.24) is 4.98 Å². The van der Waals surface area contributed by atoms with Crippen LogP contribution in [-0.2, 0) is 12.8 Å². The fourth-order valence-corrected chi connectivity index (χ4v) is 3.02. The van der Waals surface area contributed by atoms with Crippen LogP contribution in [0.15, 0.2) is 69.9 Å². The van der Waals surface area contributed by atoms with Gasteiger partial charge in [0, 0.05) is 16.5 Å². The van der Waals surface area contributed by atoms with E-state index >= 15 is 0 Å². The Hall–Kier alpha value is -3.14. The molecule has 0 bridgehead atoms. The maximum absolute atomic E-state index is 12.2. The molecule has 2 aromatic carbocycles. The van der Waals surface area contributed by atoms with Crippen LogP contribution < -0.4 is 11.4 Å². The second-order valence-corrected chi connectivity index (χ2v) is 5.79. The third-order valence-corrected chi connectivity index (χ3v) is 4.20. The van der Waals surface area contributed by atoms with Crippen LogP contribution in [-0.4, -0.2) is 4.98 Å². The lowest BCUT2D eigenvalue weighted by molar-refractivity contribution is 0.569. The molecule has 0 saturated carbocycles. The predicted molar refractivity (Wildman–Crippen MR) is 96.0 cm³/mol. The van der Waals surface area contributed by atoms with Crippen molar-refractivity contribution in [2.45, 2.75) is 12.8 Å². The number of pyridine rings is 1. The Morgan fingerprint density at radius 1 is 0.917 bits per heavy atom. The minimum Gasteiger partial charge on any atom is -0.422 e. The highest BCUT2D eigenvalue weighted by atomic mass is 16.4. The number of nitrogens with two attached hydrogens (primary N) is 1. The molecule has 0 radical (unpaired) electrons. The smallest absolute Gasteiger partial charge is 0.347 e. The Balaban J connectivity index is 1.83. The molecule has 4 aromatic rings. The SMILES string of the molecule is Nc1nc(CCc2ccccc2)cc2c1c(=O)oc1ccccc12. The monoisotopic (exact) mass is 316 g/mol.